The van der Waals surface area contributed by atoms with Gasteiger partial charge in [0, 0.05) is 11.3 Å². The van der Waals surface area contributed by atoms with Crippen LogP contribution in [0.25, 0.3) is 22.3 Å². The number of benzene rings is 3. The second-order valence-corrected chi connectivity index (χ2v) is 7.98. The molecular weight excluding hydrogens is 478 g/mol. The number of nitrogens with one attached hydrogen (secondary N) is 1. The zero-order valence-corrected chi connectivity index (χ0v) is 20.7. The Bertz CT molecular complexity index is 1520. The first-order valence-corrected chi connectivity index (χ1v) is 11.3. The van der Waals surface area contributed by atoms with Crippen molar-refractivity contribution in [1.29, 1.82) is 0 Å². The van der Waals surface area contributed by atoms with Gasteiger partial charge in [0.2, 0.25) is 11.2 Å². The van der Waals surface area contributed by atoms with E-state index < -0.39 is 23.4 Å². The van der Waals surface area contributed by atoms with Crippen molar-refractivity contribution in [3.63, 3.8) is 0 Å². The van der Waals surface area contributed by atoms with Gasteiger partial charge in [-0.1, -0.05) is 18.2 Å². The van der Waals surface area contributed by atoms with E-state index in [1.807, 2.05) is 0 Å². The SMILES string of the molecule is COC(=O)c1cccc(NC(=O)C(C)Oc2c(-c3ccc(OC)c(OC)c3)oc3ccccc3c2=O)c1. The Labute approximate surface area is 212 Å². The maximum atomic E-state index is 13.4. The van der Waals surface area contributed by atoms with Gasteiger partial charge in [0.15, 0.2) is 23.4 Å². The number of esters is 1. The van der Waals surface area contributed by atoms with E-state index in [1.54, 1.807) is 60.7 Å². The summed E-state index contributed by atoms with van der Waals surface area (Å²) < 4.78 is 27.4. The molecule has 4 aromatic rings. The van der Waals surface area contributed by atoms with Crippen LogP contribution in [0.15, 0.2) is 75.9 Å². The maximum absolute atomic E-state index is 13.4. The standard InChI is InChI=1S/C28H25NO8/c1-16(27(31)29-19-9-7-8-18(14-19)28(32)35-4)36-26-24(30)20-10-5-6-11-21(20)37-25(26)17-12-13-22(33-2)23(15-17)34-3/h5-16H,1-4H3,(H,29,31). The van der Waals surface area contributed by atoms with E-state index in [4.69, 9.17) is 23.4 Å². The van der Waals surface area contributed by atoms with E-state index in [2.05, 4.69) is 5.32 Å². The van der Waals surface area contributed by atoms with Crippen LogP contribution in [0.4, 0.5) is 5.69 Å². The number of hydrogen-bond donors (Lipinski definition) is 1. The van der Waals surface area contributed by atoms with E-state index in [-0.39, 0.29) is 17.1 Å². The van der Waals surface area contributed by atoms with Gasteiger partial charge in [-0.15, -0.1) is 0 Å². The van der Waals surface area contributed by atoms with Gasteiger partial charge in [0.25, 0.3) is 5.91 Å². The maximum Gasteiger partial charge on any atom is 0.337 e. The molecule has 0 saturated carbocycles. The highest BCUT2D eigenvalue weighted by atomic mass is 16.5. The predicted octanol–water partition coefficient (Wildman–Crippen LogP) is 4.67. The third kappa shape index (κ3) is 5.25. The first kappa shape index (κ1) is 25.3. The van der Waals surface area contributed by atoms with Gasteiger partial charge in [-0.3, -0.25) is 9.59 Å². The number of hydrogen-bond acceptors (Lipinski definition) is 8. The zero-order chi connectivity index (χ0) is 26.5. The number of anilines is 1. The fourth-order valence-corrected chi connectivity index (χ4v) is 3.72. The molecule has 9 heteroatoms. The van der Waals surface area contributed by atoms with Crippen molar-refractivity contribution in [3.8, 4) is 28.6 Å². The molecule has 9 nitrogen and oxygen atoms in total. The summed E-state index contributed by atoms with van der Waals surface area (Å²) in [5, 5.41) is 3.00. The van der Waals surface area contributed by atoms with Crippen LogP contribution in [0.5, 0.6) is 17.2 Å². The molecule has 0 fully saturated rings. The molecule has 0 saturated heterocycles. The van der Waals surface area contributed by atoms with Crippen LogP contribution in [0, 0.1) is 0 Å². The number of methoxy groups -OCH3 is 3. The van der Waals surface area contributed by atoms with Crippen LogP contribution in [-0.2, 0) is 9.53 Å². The van der Waals surface area contributed by atoms with Gasteiger partial charge in [-0.25, -0.2) is 4.79 Å². The van der Waals surface area contributed by atoms with Gasteiger partial charge < -0.3 is 28.7 Å². The Morgan fingerprint density at radius 3 is 2.38 bits per heavy atom. The molecule has 1 N–H and O–H groups in total. The highest BCUT2D eigenvalue weighted by Gasteiger charge is 2.24. The lowest BCUT2D eigenvalue weighted by molar-refractivity contribution is -0.122. The zero-order valence-electron chi connectivity index (χ0n) is 20.7. The van der Waals surface area contributed by atoms with Gasteiger partial charge in [0.05, 0.1) is 32.3 Å². The number of ether oxygens (including phenoxy) is 4. The average molecular weight is 504 g/mol. The predicted molar refractivity (Wildman–Crippen MR) is 138 cm³/mol. The lowest BCUT2D eigenvalue weighted by Gasteiger charge is -2.17. The number of fused-ring (bicyclic) bond motifs is 1. The highest BCUT2D eigenvalue weighted by Crippen LogP contribution is 2.37. The van der Waals surface area contributed by atoms with Crippen LogP contribution in [0.3, 0.4) is 0 Å². The number of carbonyl (C=O) groups is 2. The first-order chi connectivity index (χ1) is 17.9. The molecule has 0 bridgehead atoms. The Morgan fingerprint density at radius 1 is 0.892 bits per heavy atom. The summed E-state index contributed by atoms with van der Waals surface area (Å²) >= 11 is 0. The van der Waals surface area contributed by atoms with Crippen LogP contribution >= 0.6 is 0 Å². The van der Waals surface area contributed by atoms with Crippen molar-refractivity contribution >= 4 is 28.5 Å². The number of amides is 1. The average Bonchev–Trinajstić information content (AvgIpc) is 2.93. The van der Waals surface area contributed by atoms with Crippen molar-refractivity contribution in [1.82, 2.24) is 0 Å². The minimum absolute atomic E-state index is 0.128. The van der Waals surface area contributed by atoms with Crippen LogP contribution in [0.1, 0.15) is 17.3 Å². The summed E-state index contributed by atoms with van der Waals surface area (Å²) in [6, 6.07) is 18.1. The van der Waals surface area contributed by atoms with Crippen molar-refractivity contribution in [2.45, 2.75) is 13.0 Å². The molecule has 3 aromatic carbocycles. The molecule has 37 heavy (non-hydrogen) atoms. The molecule has 0 aliphatic rings. The van der Waals surface area contributed by atoms with E-state index in [1.165, 1.54) is 34.3 Å². The number of para-hydroxylation sites is 1. The molecule has 190 valence electrons. The Morgan fingerprint density at radius 2 is 1.65 bits per heavy atom. The Balaban J connectivity index is 1.71. The van der Waals surface area contributed by atoms with E-state index in [9.17, 15) is 14.4 Å². The summed E-state index contributed by atoms with van der Waals surface area (Å²) in [6.45, 7) is 1.51. The monoisotopic (exact) mass is 503 g/mol. The van der Waals surface area contributed by atoms with E-state index in [0.29, 0.717) is 33.7 Å². The molecular formula is C28H25NO8. The smallest absolute Gasteiger partial charge is 0.337 e. The second kappa shape index (κ2) is 10.9. The highest BCUT2D eigenvalue weighted by molar-refractivity contribution is 5.96. The van der Waals surface area contributed by atoms with Crippen molar-refractivity contribution in [2.75, 3.05) is 26.6 Å². The summed E-state index contributed by atoms with van der Waals surface area (Å²) in [5.41, 5.74) is 1.07. The van der Waals surface area contributed by atoms with Crippen molar-refractivity contribution in [2.24, 2.45) is 0 Å². The third-order valence-electron chi connectivity index (χ3n) is 5.62. The van der Waals surface area contributed by atoms with Gasteiger partial charge >= 0.3 is 5.97 Å². The molecule has 1 atom stereocenters. The molecule has 1 heterocycles. The van der Waals surface area contributed by atoms with Crippen molar-refractivity contribution in [3.05, 3.63) is 82.5 Å². The molecule has 4 rings (SSSR count). The largest absolute Gasteiger partial charge is 0.493 e. The van der Waals surface area contributed by atoms with Gasteiger partial charge in [-0.2, -0.15) is 0 Å². The minimum atomic E-state index is -1.09. The molecule has 0 spiro atoms. The number of rotatable bonds is 8. The minimum Gasteiger partial charge on any atom is -0.493 e. The summed E-state index contributed by atoms with van der Waals surface area (Å²) in [6.07, 6.45) is -1.09. The van der Waals surface area contributed by atoms with Crippen LogP contribution in [0.2, 0.25) is 0 Å². The first-order valence-electron chi connectivity index (χ1n) is 11.3. The topological polar surface area (TPSA) is 113 Å². The fourth-order valence-electron chi connectivity index (χ4n) is 3.72. The van der Waals surface area contributed by atoms with Gasteiger partial charge in [0.1, 0.15) is 5.58 Å². The number of carbonyl (C=O) groups excluding carboxylic acids is 2. The molecule has 1 amide bonds. The fraction of sp³-hybridized carbons (Fsp3) is 0.179. The van der Waals surface area contributed by atoms with E-state index >= 15 is 0 Å². The molecule has 0 radical (unpaired) electrons. The Hall–Kier alpha value is -4.79. The van der Waals surface area contributed by atoms with Crippen LogP contribution < -0.4 is 25.0 Å². The quantitative estimate of drug-likeness (QED) is 0.345. The van der Waals surface area contributed by atoms with E-state index in [0.717, 1.165) is 0 Å². The summed E-state index contributed by atoms with van der Waals surface area (Å²) in [7, 11) is 4.29. The van der Waals surface area contributed by atoms with Gasteiger partial charge in [-0.05, 0) is 55.5 Å². The van der Waals surface area contributed by atoms with Crippen LogP contribution in [-0.4, -0.2) is 39.3 Å². The lowest BCUT2D eigenvalue weighted by atomic mass is 10.1. The summed E-state index contributed by atoms with van der Waals surface area (Å²) in [5.74, 6) is -0.132. The molecule has 1 unspecified atom stereocenters. The van der Waals surface area contributed by atoms with Crippen molar-refractivity contribution < 1.29 is 33.0 Å². The Kier molecular flexibility index (Phi) is 7.43. The normalized spacial score (nSPS) is 11.5. The molecule has 0 aliphatic carbocycles. The second-order valence-electron chi connectivity index (χ2n) is 7.98. The molecule has 1 aromatic heterocycles. The summed E-state index contributed by atoms with van der Waals surface area (Å²) in [4.78, 5) is 38.2. The third-order valence-corrected chi connectivity index (χ3v) is 5.62. The lowest BCUT2D eigenvalue weighted by Crippen LogP contribution is -2.32. The molecule has 0 aliphatic heterocycles.